The Morgan fingerprint density at radius 1 is 1.31 bits per heavy atom. The number of carbonyl (C=O) groups is 2. The second-order valence-electron chi connectivity index (χ2n) is 5.31. The lowest BCUT2D eigenvalue weighted by atomic mass is 10.2. The van der Waals surface area contributed by atoms with Crippen LogP contribution in [-0.4, -0.2) is 30.4 Å². The molecule has 10 heteroatoms. The molecule has 0 saturated carbocycles. The molecule has 1 heterocycles. The van der Waals surface area contributed by atoms with Gasteiger partial charge in [-0.3, -0.25) is 19.7 Å². The lowest BCUT2D eigenvalue weighted by Crippen LogP contribution is -2.38. The molecule has 0 saturated heterocycles. The normalized spacial score (nSPS) is 11.7. The van der Waals surface area contributed by atoms with Crippen molar-refractivity contribution < 1.29 is 19.2 Å². The number of nitrogens with one attached hydrogen (secondary N) is 2. The molecule has 8 nitrogen and oxygen atoms in total. The van der Waals surface area contributed by atoms with Gasteiger partial charge >= 0.3 is 11.8 Å². The highest BCUT2D eigenvalue weighted by Crippen LogP contribution is 2.28. The third-order valence-electron chi connectivity index (χ3n) is 3.45. The van der Waals surface area contributed by atoms with Gasteiger partial charge in [0.15, 0.2) is 0 Å². The highest BCUT2D eigenvalue weighted by atomic mass is 35.5. The van der Waals surface area contributed by atoms with Crippen molar-refractivity contribution in [2.24, 2.45) is 0 Å². The van der Waals surface area contributed by atoms with Crippen molar-refractivity contribution >= 4 is 46.1 Å². The number of nitro benzene ring substituents is 1. The molecule has 1 atom stereocenters. The van der Waals surface area contributed by atoms with E-state index in [-0.39, 0.29) is 17.9 Å². The number of amides is 2. The largest absolute Gasteiger partial charge is 0.374 e. The van der Waals surface area contributed by atoms with Gasteiger partial charge in [0.1, 0.15) is 11.8 Å². The number of carbonyl (C=O) groups excluding carboxylic acids is 2. The Bertz CT molecular complexity index is 839. The molecule has 2 amide bonds. The molecule has 0 bridgehead atoms. The van der Waals surface area contributed by atoms with Gasteiger partial charge in [-0.2, -0.15) is 0 Å². The summed E-state index contributed by atoms with van der Waals surface area (Å²) in [7, 11) is 1.47. The van der Waals surface area contributed by atoms with Crippen molar-refractivity contribution in [3.05, 3.63) is 55.2 Å². The molecule has 0 spiro atoms. The average Bonchev–Trinajstić information content (AvgIpc) is 3.02. The fraction of sp³-hybridized carbons (Fsp3) is 0.250. The van der Waals surface area contributed by atoms with E-state index in [4.69, 9.17) is 16.3 Å². The van der Waals surface area contributed by atoms with E-state index >= 15 is 0 Å². The van der Waals surface area contributed by atoms with Crippen LogP contribution < -0.4 is 10.6 Å². The van der Waals surface area contributed by atoms with E-state index in [2.05, 4.69) is 10.6 Å². The van der Waals surface area contributed by atoms with Crippen molar-refractivity contribution in [2.45, 2.75) is 13.0 Å². The van der Waals surface area contributed by atoms with Crippen LogP contribution in [0.25, 0.3) is 0 Å². The van der Waals surface area contributed by atoms with Crippen molar-refractivity contribution in [2.75, 3.05) is 19.0 Å². The quantitative estimate of drug-likeness (QED) is 0.442. The molecular formula is C16H16ClN3O5S. The summed E-state index contributed by atoms with van der Waals surface area (Å²) in [5, 5.41) is 15.8. The minimum atomic E-state index is -1.00. The summed E-state index contributed by atoms with van der Waals surface area (Å²) < 4.78 is 5.86. The van der Waals surface area contributed by atoms with Gasteiger partial charge in [0.25, 0.3) is 5.69 Å². The van der Waals surface area contributed by atoms with Crippen LogP contribution in [0.5, 0.6) is 0 Å². The molecule has 2 rings (SSSR count). The molecule has 0 aliphatic carbocycles. The average molecular weight is 398 g/mol. The molecule has 0 aliphatic heterocycles. The zero-order chi connectivity index (χ0) is 19.3. The van der Waals surface area contributed by atoms with E-state index in [0.29, 0.717) is 9.90 Å². The Hall–Kier alpha value is -2.49. The summed E-state index contributed by atoms with van der Waals surface area (Å²) in [6.45, 7) is 1.74. The maximum absolute atomic E-state index is 12.0. The van der Waals surface area contributed by atoms with Crippen LogP contribution >= 0.6 is 22.9 Å². The van der Waals surface area contributed by atoms with Gasteiger partial charge in [-0.05, 0) is 30.7 Å². The number of anilines is 1. The number of aryl methyl sites for hydroxylation is 1. The van der Waals surface area contributed by atoms with E-state index in [1.165, 1.54) is 30.6 Å². The number of halogens is 1. The number of methoxy groups -OCH3 is 1. The van der Waals surface area contributed by atoms with E-state index in [0.717, 1.165) is 4.88 Å². The van der Waals surface area contributed by atoms with Gasteiger partial charge in [0, 0.05) is 24.6 Å². The number of hydrogen-bond donors (Lipinski definition) is 2. The van der Waals surface area contributed by atoms with Crippen molar-refractivity contribution in [1.82, 2.24) is 5.32 Å². The summed E-state index contributed by atoms with van der Waals surface area (Å²) in [5.74, 6) is -1.93. The summed E-state index contributed by atoms with van der Waals surface area (Å²) >= 11 is 7.18. The van der Waals surface area contributed by atoms with Crippen LogP contribution in [0.4, 0.5) is 11.4 Å². The lowest BCUT2D eigenvalue weighted by molar-refractivity contribution is -0.384. The third-order valence-corrected chi connectivity index (χ3v) is 4.77. The number of thiophene rings is 1. The summed E-state index contributed by atoms with van der Waals surface area (Å²) in [5.41, 5.74) is 0.333. The molecule has 0 radical (unpaired) electrons. The molecule has 2 aromatic rings. The van der Waals surface area contributed by atoms with E-state index < -0.39 is 22.8 Å². The number of rotatable bonds is 6. The molecule has 1 aromatic carbocycles. The van der Waals surface area contributed by atoms with Crippen LogP contribution in [-0.2, 0) is 14.3 Å². The minimum absolute atomic E-state index is 0.0471. The topological polar surface area (TPSA) is 111 Å². The van der Waals surface area contributed by atoms with Gasteiger partial charge in [-0.25, -0.2) is 0 Å². The fourth-order valence-corrected chi connectivity index (χ4v) is 3.28. The lowest BCUT2D eigenvalue weighted by Gasteiger charge is -2.14. The molecule has 0 fully saturated rings. The maximum Gasteiger partial charge on any atom is 0.313 e. The molecule has 1 aromatic heterocycles. The molecule has 138 valence electrons. The first kappa shape index (κ1) is 19.8. The SMILES string of the molecule is COC(CNC(=O)C(=O)Nc1ccc(C)cc1[N+](=O)[O-])c1ccc(Cl)s1. The Morgan fingerprint density at radius 2 is 2.04 bits per heavy atom. The zero-order valence-electron chi connectivity index (χ0n) is 13.9. The van der Waals surface area contributed by atoms with Gasteiger partial charge in [-0.15, -0.1) is 11.3 Å². The van der Waals surface area contributed by atoms with Crippen LogP contribution in [0.3, 0.4) is 0 Å². The first-order valence-corrected chi connectivity index (χ1v) is 8.63. The summed E-state index contributed by atoms with van der Waals surface area (Å²) in [4.78, 5) is 35.2. The second kappa shape index (κ2) is 8.75. The Morgan fingerprint density at radius 3 is 2.62 bits per heavy atom. The molecule has 26 heavy (non-hydrogen) atoms. The Labute approximate surface area is 158 Å². The number of benzene rings is 1. The van der Waals surface area contributed by atoms with Gasteiger partial charge in [0.05, 0.1) is 9.26 Å². The van der Waals surface area contributed by atoms with E-state index in [1.54, 1.807) is 25.1 Å². The first-order chi connectivity index (χ1) is 12.3. The highest BCUT2D eigenvalue weighted by molar-refractivity contribution is 7.16. The summed E-state index contributed by atoms with van der Waals surface area (Å²) in [6, 6.07) is 7.77. The first-order valence-electron chi connectivity index (χ1n) is 7.44. The number of nitro groups is 1. The van der Waals surface area contributed by atoms with E-state index in [1.807, 2.05) is 0 Å². The predicted octanol–water partition coefficient (Wildman–Crippen LogP) is 3.06. The van der Waals surface area contributed by atoms with Gasteiger partial charge in [0.2, 0.25) is 0 Å². The predicted molar refractivity (Wildman–Crippen MR) is 98.6 cm³/mol. The van der Waals surface area contributed by atoms with Crippen LogP contribution in [0.2, 0.25) is 4.34 Å². The van der Waals surface area contributed by atoms with Crippen molar-refractivity contribution in [1.29, 1.82) is 0 Å². The molecule has 0 aliphatic rings. The molecular weight excluding hydrogens is 382 g/mol. The summed E-state index contributed by atoms with van der Waals surface area (Å²) in [6.07, 6.45) is -0.460. The number of hydrogen-bond acceptors (Lipinski definition) is 6. The minimum Gasteiger partial charge on any atom is -0.374 e. The number of nitrogens with zero attached hydrogens (tertiary/aromatic N) is 1. The second-order valence-corrected chi connectivity index (χ2v) is 7.05. The van der Waals surface area contributed by atoms with Crippen LogP contribution in [0.15, 0.2) is 30.3 Å². The molecule has 1 unspecified atom stereocenters. The fourth-order valence-electron chi connectivity index (χ4n) is 2.14. The monoisotopic (exact) mass is 397 g/mol. The molecule has 2 N–H and O–H groups in total. The van der Waals surface area contributed by atoms with Gasteiger partial charge < -0.3 is 15.4 Å². The standard InChI is InChI=1S/C16H16ClN3O5S/c1-9-3-4-10(11(7-9)20(23)24)19-16(22)15(21)18-8-12(25-2)13-5-6-14(17)26-13/h3-7,12H,8H2,1-2H3,(H,18,21)(H,19,22). The van der Waals surface area contributed by atoms with Crippen molar-refractivity contribution in [3.8, 4) is 0 Å². The van der Waals surface area contributed by atoms with Crippen LogP contribution in [0.1, 0.15) is 16.5 Å². The Kier molecular flexibility index (Phi) is 6.67. The van der Waals surface area contributed by atoms with Crippen molar-refractivity contribution in [3.63, 3.8) is 0 Å². The van der Waals surface area contributed by atoms with E-state index in [9.17, 15) is 19.7 Å². The number of ether oxygens (including phenoxy) is 1. The Balaban J connectivity index is 2.00. The van der Waals surface area contributed by atoms with Crippen LogP contribution in [0, 0.1) is 17.0 Å². The maximum atomic E-state index is 12.0. The smallest absolute Gasteiger partial charge is 0.313 e. The zero-order valence-corrected chi connectivity index (χ0v) is 15.5. The third kappa shape index (κ3) is 5.01. The highest BCUT2D eigenvalue weighted by Gasteiger charge is 2.21. The van der Waals surface area contributed by atoms with Gasteiger partial charge in [-0.1, -0.05) is 17.7 Å².